The lowest BCUT2D eigenvalue weighted by Crippen LogP contribution is -2.60. The van der Waals surface area contributed by atoms with E-state index in [4.69, 9.17) is 15.5 Å². The van der Waals surface area contributed by atoms with Crippen molar-refractivity contribution >= 4 is 28.8 Å². The van der Waals surface area contributed by atoms with E-state index in [1.165, 1.54) is 11.3 Å². The fraction of sp³-hybridized carbons (Fsp3) is 0.407. The molecule has 0 bridgehead atoms. The summed E-state index contributed by atoms with van der Waals surface area (Å²) in [7, 11) is 1.69. The van der Waals surface area contributed by atoms with Crippen molar-refractivity contribution in [3.05, 3.63) is 60.3 Å². The van der Waals surface area contributed by atoms with Crippen LogP contribution in [0, 0.1) is 0 Å². The Labute approximate surface area is 203 Å². The number of aromatic nitrogens is 2. The van der Waals surface area contributed by atoms with Gasteiger partial charge in [0.25, 0.3) is 0 Å². The number of nitrogens with one attached hydrogen (secondary N) is 1. The molecule has 0 radical (unpaired) electrons. The molecule has 34 heavy (non-hydrogen) atoms. The van der Waals surface area contributed by atoms with Crippen LogP contribution in [0.15, 0.2) is 54.7 Å². The molecule has 0 amide bonds. The molecule has 3 aromatic rings. The topological polar surface area (TPSA) is 79.5 Å². The van der Waals surface area contributed by atoms with Crippen LogP contribution in [0.4, 0.5) is 28.8 Å². The SMILES string of the molecule is COc1ccc(N2CCN(c3nccc(Nc4cc(C(C)(C)C)ccc4N)n3)CC2(C)C)cc1. The Morgan fingerprint density at radius 1 is 1.03 bits per heavy atom. The molecule has 0 spiro atoms. The number of ether oxygens (including phenoxy) is 1. The first kappa shape index (κ1) is 23.7. The second-order valence-electron chi connectivity index (χ2n) is 10.5. The van der Waals surface area contributed by atoms with Crippen molar-refractivity contribution in [1.82, 2.24) is 9.97 Å². The number of nitrogens with two attached hydrogens (primary N) is 1. The van der Waals surface area contributed by atoms with E-state index >= 15 is 0 Å². The minimum absolute atomic E-state index is 0.0378. The van der Waals surface area contributed by atoms with E-state index in [9.17, 15) is 0 Å². The van der Waals surface area contributed by atoms with E-state index < -0.39 is 0 Å². The van der Waals surface area contributed by atoms with Gasteiger partial charge in [-0.15, -0.1) is 0 Å². The van der Waals surface area contributed by atoms with E-state index in [2.05, 4.69) is 79.0 Å². The van der Waals surface area contributed by atoms with E-state index in [0.29, 0.717) is 5.69 Å². The Hall–Kier alpha value is -3.48. The van der Waals surface area contributed by atoms with Gasteiger partial charge in [0.1, 0.15) is 11.6 Å². The lowest BCUT2D eigenvalue weighted by atomic mass is 9.86. The van der Waals surface area contributed by atoms with Crippen LogP contribution in [-0.4, -0.2) is 42.3 Å². The number of benzene rings is 2. The fourth-order valence-electron chi connectivity index (χ4n) is 4.41. The van der Waals surface area contributed by atoms with E-state index in [1.807, 2.05) is 24.3 Å². The number of hydrogen-bond donors (Lipinski definition) is 2. The maximum Gasteiger partial charge on any atom is 0.227 e. The van der Waals surface area contributed by atoms with Crippen LogP contribution in [-0.2, 0) is 5.41 Å². The lowest BCUT2D eigenvalue weighted by Gasteiger charge is -2.48. The second-order valence-corrected chi connectivity index (χ2v) is 10.5. The number of nitrogen functional groups attached to an aromatic ring is 1. The van der Waals surface area contributed by atoms with Crippen LogP contribution in [0.3, 0.4) is 0 Å². The lowest BCUT2D eigenvalue weighted by molar-refractivity contribution is 0.408. The van der Waals surface area contributed by atoms with Gasteiger partial charge in [0, 0.05) is 31.5 Å². The van der Waals surface area contributed by atoms with Crippen LogP contribution in [0.1, 0.15) is 40.2 Å². The van der Waals surface area contributed by atoms with E-state index in [-0.39, 0.29) is 11.0 Å². The number of piperazine rings is 1. The molecule has 2 heterocycles. The summed E-state index contributed by atoms with van der Waals surface area (Å²) in [4.78, 5) is 14.1. The van der Waals surface area contributed by atoms with Crippen LogP contribution in [0.2, 0.25) is 0 Å². The highest BCUT2D eigenvalue weighted by Crippen LogP contribution is 2.32. The predicted molar refractivity (Wildman–Crippen MR) is 142 cm³/mol. The molecule has 1 aliphatic heterocycles. The molecule has 0 atom stereocenters. The maximum absolute atomic E-state index is 6.26. The van der Waals surface area contributed by atoms with Crippen molar-refractivity contribution in [2.45, 2.75) is 45.6 Å². The summed E-state index contributed by atoms with van der Waals surface area (Å²) >= 11 is 0. The molecule has 0 aliphatic carbocycles. The van der Waals surface area contributed by atoms with Gasteiger partial charge in [-0.3, -0.25) is 0 Å². The van der Waals surface area contributed by atoms with Gasteiger partial charge in [-0.25, -0.2) is 4.98 Å². The third kappa shape index (κ3) is 5.03. The first-order valence-electron chi connectivity index (χ1n) is 11.7. The highest BCUT2D eigenvalue weighted by Gasteiger charge is 2.35. The third-order valence-electron chi connectivity index (χ3n) is 6.39. The molecule has 0 unspecified atom stereocenters. The smallest absolute Gasteiger partial charge is 0.227 e. The molecule has 3 N–H and O–H groups in total. The number of hydrogen-bond acceptors (Lipinski definition) is 7. The van der Waals surface area contributed by atoms with Gasteiger partial charge in [0.15, 0.2) is 0 Å². The first-order valence-corrected chi connectivity index (χ1v) is 11.7. The summed E-state index contributed by atoms with van der Waals surface area (Å²) in [6.45, 7) is 13.6. The van der Waals surface area contributed by atoms with Crippen LogP contribution in [0.25, 0.3) is 0 Å². The Morgan fingerprint density at radius 3 is 2.41 bits per heavy atom. The molecule has 7 heteroatoms. The molecular weight excluding hydrogens is 424 g/mol. The Balaban J connectivity index is 1.51. The Bertz CT molecular complexity index is 1140. The molecule has 1 aliphatic rings. The fourth-order valence-corrected chi connectivity index (χ4v) is 4.41. The minimum Gasteiger partial charge on any atom is -0.497 e. The zero-order valence-corrected chi connectivity index (χ0v) is 21.1. The molecule has 4 rings (SSSR count). The van der Waals surface area contributed by atoms with Gasteiger partial charge in [-0.2, -0.15) is 4.98 Å². The summed E-state index contributed by atoms with van der Waals surface area (Å²) in [5, 5.41) is 3.41. The van der Waals surface area contributed by atoms with Crippen LogP contribution < -0.4 is 25.6 Å². The summed E-state index contributed by atoms with van der Waals surface area (Å²) in [5.41, 5.74) is 10.2. The minimum atomic E-state index is -0.0922. The number of anilines is 5. The quantitative estimate of drug-likeness (QED) is 0.506. The summed E-state index contributed by atoms with van der Waals surface area (Å²) in [6.07, 6.45) is 1.80. The van der Waals surface area contributed by atoms with Crippen molar-refractivity contribution in [2.24, 2.45) is 0 Å². The standard InChI is InChI=1S/C27H36N6O/c1-26(2,3)19-7-12-22(28)23(17-19)30-24-13-14-29-25(31-24)32-15-16-33(27(4,5)18-32)20-8-10-21(34-6)11-9-20/h7-14,17H,15-16,18,28H2,1-6H3,(H,29,30,31). The molecule has 0 saturated carbocycles. The average Bonchev–Trinajstić information content (AvgIpc) is 2.79. The van der Waals surface area contributed by atoms with Gasteiger partial charge >= 0.3 is 0 Å². The van der Waals surface area contributed by atoms with E-state index in [0.717, 1.165) is 42.8 Å². The van der Waals surface area contributed by atoms with Crippen molar-refractivity contribution in [2.75, 3.05) is 47.6 Å². The largest absolute Gasteiger partial charge is 0.497 e. The monoisotopic (exact) mass is 460 g/mol. The Kier molecular flexibility index (Phi) is 6.30. The number of methoxy groups -OCH3 is 1. The predicted octanol–water partition coefficient (Wildman–Crippen LogP) is 5.21. The van der Waals surface area contributed by atoms with Crippen molar-refractivity contribution < 1.29 is 4.74 Å². The van der Waals surface area contributed by atoms with Gasteiger partial charge < -0.3 is 25.6 Å². The van der Waals surface area contributed by atoms with Gasteiger partial charge in [0.05, 0.1) is 24.0 Å². The first-order chi connectivity index (χ1) is 16.1. The van der Waals surface area contributed by atoms with Gasteiger partial charge in [0.2, 0.25) is 5.95 Å². The highest BCUT2D eigenvalue weighted by molar-refractivity contribution is 5.72. The molecule has 2 aromatic carbocycles. The van der Waals surface area contributed by atoms with Crippen LogP contribution in [0.5, 0.6) is 5.75 Å². The molecular formula is C27H36N6O. The molecule has 1 saturated heterocycles. The maximum atomic E-state index is 6.26. The van der Waals surface area contributed by atoms with Gasteiger partial charge in [-0.1, -0.05) is 26.8 Å². The van der Waals surface area contributed by atoms with Crippen molar-refractivity contribution in [3.8, 4) is 5.75 Å². The second kappa shape index (κ2) is 9.05. The summed E-state index contributed by atoms with van der Waals surface area (Å²) < 4.78 is 5.31. The van der Waals surface area contributed by atoms with Crippen molar-refractivity contribution in [3.63, 3.8) is 0 Å². The Morgan fingerprint density at radius 2 is 1.76 bits per heavy atom. The van der Waals surface area contributed by atoms with Gasteiger partial charge in [-0.05, 0) is 67.3 Å². The number of rotatable bonds is 5. The molecule has 1 fully saturated rings. The summed E-state index contributed by atoms with van der Waals surface area (Å²) in [6, 6.07) is 16.3. The van der Waals surface area contributed by atoms with E-state index in [1.54, 1.807) is 13.3 Å². The average molecular weight is 461 g/mol. The number of nitrogens with zero attached hydrogens (tertiary/aromatic N) is 4. The normalized spacial score (nSPS) is 15.8. The summed E-state index contributed by atoms with van der Waals surface area (Å²) in [5.74, 6) is 2.32. The zero-order valence-electron chi connectivity index (χ0n) is 21.1. The highest BCUT2D eigenvalue weighted by atomic mass is 16.5. The van der Waals surface area contributed by atoms with Crippen LogP contribution >= 0.6 is 0 Å². The molecule has 1 aromatic heterocycles. The molecule has 7 nitrogen and oxygen atoms in total. The zero-order chi connectivity index (χ0) is 24.5. The third-order valence-corrected chi connectivity index (χ3v) is 6.39. The van der Waals surface area contributed by atoms with Crippen molar-refractivity contribution in [1.29, 1.82) is 0 Å². The molecule has 180 valence electrons.